The highest BCUT2D eigenvalue weighted by Gasteiger charge is 2.40. The van der Waals surface area contributed by atoms with E-state index in [4.69, 9.17) is 5.11 Å². The first-order chi connectivity index (χ1) is 15.1. The van der Waals surface area contributed by atoms with Crippen LogP contribution < -0.4 is 10.6 Å². The van der Waals surface area contributed by atoms with Gasteiger partial charge >= 0.3 is 5.97 Å². The van der Waals surface area contributed by atoms with Gasteiger partial charge in [-0.15, -0.1) is 0 Å². The highest BCUT2D eigenvalue weighted by molar-refractivity contribution is 5.87. The number of aromatic carboxylic acids is 1. The van der Waals surface area contributed by atoms with E-state index < -0.39 is 5.97 Å². The normalized spacial score (nSPS) is 25.9. The van der Waals surface area contributed by atoms with Gasteiger partial charge in [0.25, 0.3) is 0 Å². The molecule has 2 saturated carbocycles. The Bertz CT molecular complexity index is 900. The molecule has 0 aromatic heterocycles. The highest BCUT2D eigenvalue weighted by atomic mass is 16.4. The molecule has 4 nitrogen and oxygen atoms in total. The molecule has 2 aromatic carbocycles. The summed E-state index contributed by atoms with van der Waals surface area (Å²) >= 11 is 0. The van der Waals surface area contributed by atoms with Crippen LogP contribution in [0.5, 0.6) is 0 Å². The van der Waals surface area contributed by atoms with Crippen molar-refractivity contribution in [2.75, 3.05) is 0 Å². The van der Waals surface area contributed by atoms with Crippen LogP contribution in [-0.4, -0.2) is 29.2 Å². The zero-order chi connectivity index (χ0) is 21.6. The fourth-order valence-corrected chi connectivity index (χ4v) is 4.87. The van der Waals surface area contributed by atoms with Crippen molar-refractivity contribution in [1.29, 1.82) is 0 Å². The maximum absolute atomic E-state index is 11.1. The molecular formula is C27H34N2O2. The molecule has 0 amide bonds. The van der Waals surface area contributed by atoms with Crippen LogP contribution in [0.4, 0.5) is 0 Å². The molecule has 0 radical (unpaired) electrons. The molecular weight excluding hydrogens is 384 g/mol. The molecule has 2 fully saturated rings. The summed E-state index contributed by atoms with van der Waals surface area (Å²) in [4.78, 5) is 11.1. The van der Waals surface area contributed by atoms with E-state index in [0.717, 1.165) is 18.5 Å². The van der Waals surface area contributed by atoms with Crippen LogP contribution in [0.2, 0.25) is 0 Å². The molecule has 0 saturated heterocycles. The fraction of sp³-hybridized carbons (Fsp3) is 0.444. The Hall–Kier alpha value is -2.43. The van der Waals surface area contributed by atoms with Gasteiger partial charge in [-0.05, 0) is 67.7 Å². The minimum Gasteiger partial charge on any atom is -0.478 e. The third-order valence-corrected chi connectivity index (χ3v) is 6.77. The van der Waals surface area contributed by atoms with Crippen LogP contribution in [0.1, 0.15) is 66.9 Å². The van der Waals surface area contributed by atoms with Gasteiger partial charge in [0.2, 0.25) is 0 Å². The summed E-state index contributed by atoms with van der Waals surface area (Å²) in [5, 5.41) is 16.7. The van der Waals surface area contributed by atoms with E-state index in [2.05, 4.69) is 54.0 Å². The largest absolute Gasteiger partial charge is 0.478 e. The van der Waals surface area contributed by atoms with Gasteiger partial charge in [-0.3, -0.25) is 0 Å². The predicted molar refractivity (Wildman–Crippen MR) is 126 cm³/mol. The lowest BCUT2D eigenvalue weighted by Crippen LogP contribution is -2.40. The lowest BCUT2D eigenvalue weighted by Gasteiger charge is -2.30. The van der Waals surface area contributed by atoms with Crippen molar-refractivity contribution in [2.45, 2.75) is 70.1 Å². The number of nitrogens with one attached hydrogen (secondary N) is 2. The molecule has 0 aliphatic heterocycles. The van der Waals surface area contributed by atoms with Crippen LogP contribution in [-0.2, 0) is 6.54 Å². The summed E-state index contributed by atoms with van der Waals surface area (Å²) < 4.78 is 0. The molecule has 31 heavy (non-hydrogen) atoms. The first kappa shape index (κ1) is 21.8. The molecule has 2 aliphatic rings. The van der Waals surface area contributed by atoms with Crippen LogP contribution in [0.3, 0.4) is 0 Å². The minimum absolute atomic E-state index is 0.360. The van der Waals surface area contributed by atoms with Crippen molar-refractivity contribution in [1.82, 2.24) is 10.6 Å². The van der Waals surface area contributed by atoms with Crippen LogP contribution in [0.25, 0.3) is 6.08 Å². The number of rotatable bonds is 9. The standard InChI is InChI=1S/C27H34N2O2/c1-2-21(15-19-7-4-3-5-8-19)25-17-26(25)29-24-13-11-23(12-14-24)28-18-20-9-6-10-22(16-20)27(30)31/h3-10,15-16,23-26,28-29H,2,11-14,17-18H2,1H3,(H,30,31)/t23?,24?,25-,26+/m0/s1. The topological polar surface area (TPSA) is 61.4 Å². The average Bonchev–Trinajstić information content (AvgIpc) is 3.56. The summed E-state index contributed by atoms with van der Waals surface area (Å²) in [5.74, 6) is -0.167. The number of carboxylic acid groups (broad SMARTS) is 1. The molecule has 0 heterocycles. The molecule has 2 aromatic rings. The van der Waals surface area contributed by atoms with Crippen molar-refractivity contribution >= 4 is 12.0 Å². The Labute approximate surface area is 185 Å². The lowest BCUT2D eigenvalue weighted by molar-refractivity contribution is 0.0696. The smallest absolute Gasteiger partial charge is 0.335 e. The number of carbonyl (C=O) groups is 1. The van der Waals surface area contributed by atoms with Gasteiger partial charge in [-0.2, -0.15) is 0 Å². The number of hydrogen-bond donors (Lipinski definition) is 3. The van der Waals surface area contributed by atoms with E-state index in [1.54, 1.807) is 17.7 Å². The fourth-order valence-electron chi connectivity index (χ4n) is 4.87. The maximum Gasteiger partial charge on any atom is 0.335 e. The Morgan fingerprint density at radius 2 is 1.77 bits per heavy atom. The summed E-state index contributed by atoms with van der Waals surface area (Å²) in [6.45, 7) is 3.01. The van der Waals surface area contributed by atoms with E-state index in [0.29, 0.717) is 29.6 Å². The number of benzene rings is 2. The Morgan fingerprint density at radius 3 is 2.48 bits per heavy atom. The third-order valence-electron chi connectivity index (χ3n) is 6.77. The molecule has 0 unspecified atom stereocenters. The monoisotopic (exact) mass is 418 g/mol. The highest BCUT2D eigenvalue weighted by Crippen LogP contribution is 2.40. The van der Waals surface area contributed by atoms with Gasteiger partial charge in [-0.1, -0.05) is 61.0 Å². The minimum atomic E-state index is -0.864. The molecule has 3 N–H and O–H groups in total. The predicted octanol–water partition coefficient (Wildman–Crippen LogP) is 5.26. The van der Waals surface area contributed by atoms with E-state index >= 15 is 0 Å². The average molecular weight is 419 g/mol. The second kappa shape index (κ2) is 10.3. The SMILES string of the molecule is CCC(=Cc1ccccc1)[C@@H]1C[C@H]1NC1CCC(NCc2cccc(C(=O)O)c2)CC1. The quantitative estimate of drug-likeness (QED) is 0.520. The molecule has 4 heteroatoms. The van der Waals surface area contributed by atoms with Gasteiger partial charge in [0.1, 0.15) is 0 Å². The third kappa shape index (κ3) is 6.05. The van der Waals surface area contributed by atoms with Crippen LogP contribution in [0.15, 0.2) is 60.2 Å². The van der Waals surface area contributed by atoms with E-state index in [1.165, 1.54) is 37.7 Å². The van der Waals surface area contributed by atoms with Gasteiger partial charge in [0.05, 0.1) is 5.56 Å². The Morgan fingerprint density at radius 1 is 1.03 bits per heavy atom. The molecule has 0 spiro atoms. The van der Waals surface area contributed by atoms with E-state index in [1.807, 2.05) is 12.1 Å². The van der Waals surface area contributed by atoms with Crippen molar-refractivity contribution < 1.29 is 9.90 Å². The number of hydrogen-bond acceptors (Lipinski definition) is 3. The summed E-state index contributed by atoms with van der Waals surface area (Å²) in [7, 11) is 0. The van der Waals surface area contributed by atoms with Gasteiger partial charge in [0, 0.05) is 24.7 Å². The van der Waals surface area contributed by atoms with E-state index in [9.17, 15) is 4.79 Å². The molecule has 0 bridgehead atoms. The molecule has 2 aliphatic carbocycles. The molecule has 4 rings (SSSR count). The van der Waals surface area contributed by atoms with Crippen molar-refractivity contribution in [3.63, 3.8) is 0 Å². The molecule has 2 atom stereocenters. The Balaban J connectivity index is 1.20. The zero-order valence-corrected chi connectivity index (χ0v) is 18.4. The summed E-state index contributed by atoms with van der Waals surface area (Å²) in [5.41, 5.74) is 4.28. The van der Waals surface area contributed by atoms with Crippen molar-refractivity contribution in [3.05, 3.63) is 76.9 Å². The van der Waals surface area contributed by atoms with Crippen molar-refractivity contribution in [2.24, 2.45) is 5.92 Å². The maximum atomic E-state index is 11.1. The first-order valence-electron chi connectivity index (χ1n) is 11.7. The second-order valence-corrected chi connectivity index (χ2v) is 9.03. The Kier molecular flexibility index (Phi) is 7.21. The van der Waals surface area contributed by atoms with Crippen LogP contribution >= 0.6 is 0 Å². The summed E-state index contributed by atoms with van der Waals surface area (Å²) in [6, 6.07) is 19.7. The zero-order valence-electron chi connectivity index (χ0n) is 18.4. The summed E-state index contributed by atoms with van der Waals surface area (Å²) in [6.07, 6.45) is 9.54. The van der Waals surface area contributed by atoms with Crippen molar-refractivity contribution in [3.8, 4) is 0 Å². The molecule has 164 valence electrons. The van der Waals surface area contributed by atoms with Gasteiger partial charge in [-0.25, -0.2) is 4.79 Å². The van der Waals surface area contributed by atoms with Gasteiger partial charge in [0.15, 0.2) is 0 Å². The second-order valence-electron chi connectivity index (χ2n) is 9.03. The number of carboxylic acids is 1. The lowest BCUT2D eigenvalue weighted by atomic mass is 9.90. The van der Waals surface area contributed by atoms with Crippen LogP contribution in [0, 0.1) is 5.92 Å². The van der Waals surface area contributed by atoms with E-state index in [-0.39, 0.29) is 0 Å². The van der Waals surface area contributed by atoms with Gasteiger partial charge < -0.3 is 15.7 Å². The first-order valence-corrected chi connectivity index (χ1v) is 11.7.